The number of rotatable bonds is 4. The highest BCUT2D eigenvalue weighted by atomic mass is 16.5. The van der Waals surface area contributed by atoms with Crippen molar-refractivity contribution in [3.05, 3.63) is 18.3 Å². The van der Waals surface area contributed by atoms with Gasteiger partial charge in [-0.25, -0.2) is 9.78 Å². The highest BCUT2D eigenvalue weighted by molar-refractivity contribution is 5.89. The number of amides is 2. The highest BCUT2D eigenvalue weighted by Crippen LogP contribution is 2.20. The summed E-state index contributed by atoms with van der Waals surface area (Å²) < 4.78 is 5.40. The molecule has 1 aromatic rings. The van der Waals surface area contributed by atoms with Gasteiger partial charge in [-0.05, 0) is 30.9 Å². The van der Waals surface area contributed by atoms with E-state index < -0.39 is 0 Å². The Bertz CT molecular complexity index is 549. The third-order valence-electron chi connectivity index (χ3n) is 4.98. The van der Waals surface area contributed by atoms with Crippen molar-refractivity contribution in [2.24, 2.45) is 5.92 Å². The molecule has 0 radical (unpaired) electrons. The normalized spacial score (nSPS) is 19.7. The van der Waals surface area contributed by atoms with Crippen molar-refractivity contribution in [3.63, 3.8) is 0 Å². The average molecular weight is 347 g/mol. The fraction of sp³-hybridized carbons (Fsp3) is 0.667. The van der Waals surface area contributed by atoms with Crippen LogP contribution in [0, 0.1) is 5.92 Å². The molecule has 0 unspecified atom stereocenters. The number of nitrogens with one attached hydrogen (secondary N) is 1. The van der Waals surface area contributed by atoms with Crippen LogP contribution >= 0.6 is 0 Å². The van der Waals surface area contributed by atoms with Crippen molar-refractivity contribution in [1.82, 2.24) is 14.8 Å². The van der Waals surface area contributed by atoms with Crippen LogP contribution in [-0.2, 0) is 4.74 Å². The third kappa shape index (κ3) is 5.06. The van der Waals surface area contributed by atoms with E-state index in [2.05, 4.69) is 15.2 Å². The van der Waals surface area contributed by atoms with Gasteiger partial charge in [0.25, 0.3) is 0 Å². The molecule has 2 aliphatic heterocycles. The van der Waals surface area contributed by atoms with Crippen LogP contribution in [0.25, 0.3) is 0 Å². The van der Waals surface area contributed by atoms with Crippen LogP contribution in [0.15, 0.2) is 18.3 Å². The van der Waals surface area contributed by atoms with Crippen molar-refractivity contribution >= 4 is 17.5 Å². The zero-order valence-electron chi connectivity index (χ0n) is 15.3. The molecule has 7 heteroatoms. The fourth-order valence-electron chi connectivity index (χ4n) is 3.39. The molecule has 2 aliphatic rings. The maximum absolute atomic E-state index is 12.4. The van der Waals surface area contributed by atoms with Crippen molar-refractivity contribution in [2.75, 3.05) is 70.2 Å². The second kappa shape index (κ2) is 8.49. The van der Waals surface area contributed by atoms with Gasteiger partial charge < -0.3 is 19.9 Å². The quantitative estimate of drug-likeness (QED) is 0.899. The van der Waals surface area contributed by atoms with Gasteiger partial charge in [0.1, 0.15) is 5.82 Å². The molecule has 3 heterocycles. The van der Waals surface area contributed by atoms with E-state index in [0.717, 1.165) is 70.3 Å². The molecular weight excluding hydrogens is 318 g/mol. The van der Waals surface area contributed by atoms with Gasteiger partial charge in [-0.2, -0.15) is 0 Å². The Morgan fingerprint density at radius 2 is 1.96 bits per heavy atom. The van der Waals surface area contributed by atoms with Crippen LogP contribution in [0.4, 0.5) is 16.3 Å². The minimum Gasteiger partial charge on any atom is -0.379 e. The van der Waals surface area contributed by atoms with Crippen molar-refractivity contribution in [2.45, 2.75) is 12.8 Å². The Morgan fingerprint density at radius 3 is 2.56 bits per heavy atom. The zero-order chi connectivity index (χ0) is 17.6. The number of aromatic nitrogens is 1. The summed E-state index contributed by atoms with van der Waals surface area (Å²) in [6, 6.07) is 3.78. The standard InChI is InChI=1S/C18H29N5O2/c1-21(2)17-4-3-16(13-19-17)20-18(24)23-7-5-15(6-8-23)14-22-9-11-25-12-10-22/h3-4,13,15H,5-12,14H2,1-2H3,(H,20,24). The first-order valence-electron chi connectivity index (χ1n) is 9.11. The number of piperidine rings is 1. The second-order valence-corrected chi connectivity index (χ2v) is 7.07. The molecular formula is C18H29N5O2. The smallest absolute Gasteiger partial charge is 0.321 e. The topological polar surface area (TPSA) is 60.9 Å². The third-order valence-corrected chi connectivity index (χ3v) is 4.98. The Kier molecular flexibility index (Phi) is 6.09. The zero-order valence-corrected chi connectivity index (χ0v) is 15.3. The van der Waals surface area contributed by atoms with E-state index in [1.165, 1.54) is 0 Å². The van der Waals surface area contributed by atoms with Crippen molar-refractivity contribution < 1.29 is 9.53 Å². The van der Waals surface area contributed by atoms with Crippen molar-refractivity contribution in [1.29, 1.82) is 0 Å². The SMILES string of the molecule is CN(C)c1ccc(NC(=O)N2CCC(CN3CCOCC3)CC2)cn1. The number of anilines is 2. The van der Waals surface area contributed by atoms with Crippen LogP contribution in [0.3, 0.4) is 0 Å². The van der Waals surface area contributed by atoms with Gasteiger partial charge in [0, 0.05) is 46.8 Å². The minimum absolute atomic E-state index is 0.0239. The maximum atomic E-state index is 12.4. The van der Waals surface area contributed by atoms with E-state index in [-0.39, 0.29) is 6.03 Å². The van der Waals surface area contributed by atoms with E-state index in [1.54, 1.807) is 6.20 Å². The number of ether oxygens (including phenoxy) is 1. The lowest BCUT2D eigenvalue weighted by atomic mass is 9.96. The first kappa shape index (κ1) is 17.9. The molecule has 0 saturated carbocycles. The molecule has 7 nitrogen and oxygen atoms in total. The fourth-order valence-corrected chi connectivity index (χ4v) is 3.39. The van der Waals surface area contributed by atoms with Crippen LogP contribution in [0.2, 0.25) is 0 Å². The largest absolute Gasteiger partial charge is 0.379 e. The lowest BCUT2D eigenvalue weighted by Gasteiger charge is -2.36. The lowest BCUT2D eigenvalue weighted by molar-refractivity contribution is 0.0260. The second-order valence-electron chi connectivity index (χ2n) is 7.07. The molecule has 1 aromatic heterocycles. The molecule has 0 bridgehead atoms. The number of hydrogen-bond donors (Lipinski definition) is 1. The minimum atomic E-state index is -0.0239. The van der Waals surface area contributed by atoms with E-state index in [1.807, 2.05) is 36.0 Å². The lowest BCUT2D eigenvalue weighted by Crippen LogP contribution is -2.45. The number of pyridine rings is 1. The van der Waals surface area contributed by atoms with Gasteiger partial charge >= 0.3 is 6.03 Å². The molecule has 25 heavy (non-hydrogen) atoms. The average Bonchev–Trinajstić information content (AvgIpc) is 2.63. The van der Waals surface area contributed by atoms with Crippen molar-refractivity contribution in [3.8, 4) is 0 Å². The molecule has 0 aliphatic carbocycles. The van der Waals surface area contributed by atoms with E-state index >= 15 is 0 Å². The van der Waals surface area contributed by atoms with Gasteiger partial charge in [-0.3, -0.25) is 4.90 Å². The number of carbonyl (C=O) groups excluding carboxylic acids is 1. The molecule has 0 spiro atoms. The molecule has 1 N–H and O–H groups in total. The van der Waals surface area contributed by atoms with Gasteiger partial charge in [-0.1, -0.05) is 0 Å². The van der Waals surface area contributed by atoms with Gasteiger partial charge in [0.2, 0.25) is 0 Å². The van der Waals surface area contributed by atoms with Crippen LogP contribution < -0.4 is 10.2 Å². The molecule has 0 aromatic carbocycles. The Labute approximate surface area is 149 Å². The summed E-state index contributed by atoms with van der Waals surface area (Å²) in [5.74, 6) is 1.56. The molecule has 2 fully saturated rings. The molecule has 3 rings (SSSR count). The summed E-state index contributed by atoms with van der Waals surface area (Å²) in [7, 11) is 3.89. The number of urea groups is 1. The predicted octanol–water partition coefficient (Wildman–Crippen LogP) is 1.72. The predicted molar refractivity (Wildman–Crippen MR) is 99.1 cm³/mol. The number of hydrogen-bond acceptors (Lipinski definition) is 5. The number of nitrogens with zero attached hydrogens (tertiary/aromatic N) is 4. The van der Waals surface area contributed by atoms with Crippen LogP contribution in [0.5, 0.6) is 0 Å². The summed E-state index contributed by atoms with van der Waals surface area (Å²) in [4.78, 5) is 23.1. The number of carbonyl (C=O) groups is 1. The molecule has 0 atom stereocenters. The molecule has 2 saturated heterocycles. The summed E-state index contributed by atoms with van der Waals surface area (Å²) in [5, 5.41) is 2.95. The number of likely N-dealkylation sites (tertiary alicyclic amines) is 1. The first-order chi connectivity index (χ1) is 12.1. The molecule has 138 valence electrons. The first-order valence-corrected chi connectivity index (χ1v) is 9.11. The Morgan fingerprint density at radius 1 is 1.24 bits per heavy atom. The van der Waals surface area contributed by atoms with Crippen LogP contribution in [0.1, 0.15) is 12.8 Å². The van der Waals surface area contributed by atoms with Gasteiger partial charge in [0.05, 0.1) is 25.1 Å². The van der Waals surface area contributed by atoms with Gasteiger partial charge in [0.15, 0.2) is 0 Å². The maximum Gasteiger partial charge on any atom is 0.321 e. The molecule has 2 amide bonds. The van der Waals surface area contributed by atoms with E-state index in [0.29, 0.717) is 5.92 Å². The van der Waals surface area contributed by atoms with E-state index in [4.69, 9.17) is 4.74 Å². The highest BCUT2D eigenvalue weighted by Gasteiger charge is 2.25. The summed E-state index contributed by atoms with van der Waals surface area (Å²) in [6.07, 6.45) is 3.85. The summed E-state index contributed by atoms with van der Waals surface area (Å²) >= 11 is 0. The monoisotopic (exact) mass is 347 g/mol. The van der Waals surface area contributed by atoms with E-state index in [9.17, 15) is 4.79 Å². The summed E-state index contributed by atoms with van der Waals surface area (Å²) in [5.41, 5.74) is 0.742. The number of morpholine rings is 1. The summed E-state index contributed by atoms with van der Waals surface area (Å²) in [6.45, 7) is 6.56. The van der Waals surface area contributed by atoms with Gasteiger partial charge in [-0.15, -0.1) is 0 Å². The Balaban J connectivity index is 1.43. The Hall–Kier alpha value is -1.86. The van der Waals surface area contributed by atoms with Crippen LogP contribution in [-0.4, -0.2) is 80.8 Å².